The SMILES string of the molecule is COc1ccc(Cl)cc1CC(=O)Nc1cccc(I)c1. The summed E-state index contributed by atoms with van der Waals surface area (Å²) >= 11 is 8.15. The first-order valence-corrected chi connectivity index (χ1v) is 7.42. The van der Waals surface area contributed by atoms with E-state index >= 15 is 0 Å². The van der Waals surface area contributed by atoms with Crippen molar-refractivity contribution in [3.63, 3.8) is 0 Å². The molecule has 1 N–H and O–H groups in total. The Bertz CT molecular complexity index is 631. The smallest absolute Gasteiger partial charge is 0.228 e. The van der Waals surface area contributed by atoms with E-state index in [1.165, 1.54) is 0 Å². The van der Waals surface area contributed by atoms with Gasteiger partial charge in [0.05, 0.1) is 13.5 Å². The van der Waals surface area contributed by atoms with Gasteiger partial charge in [-0.1, -0.05) is 17.7 Å². The van der Waals surface area contributed by atoms with Crippen LogP contribution in [0.25, 0.3) is 0 Å². The Hall–Kier alpha value is -1.27. The van der Waals surface area contributed by atoms with E-state index in [4.69, 9.17) is 16.3 Å². The first kappa shape index (κ1) is 15.1. The normalized spacial score (nSPS) is 10.2. The number of hydrogen-bond acceptors (Lipinski definition) is 2. The van der Waals surface area contributed by atoms with Crippen LogP contribution >= 0.6 is 34.2 Å². The highest BCUT2D eigenvalue weighted by molar-refractivity contribution is 14.1. The molecule has 104 valence electrons. The van der Waals surface area contributed by atoms with E-state index in [1.54, 1.807) is 25.3 Å². The molecular formula is C15H13ClINO2. The van der Waals surface area contributed by atoms with Gasteiger partial charge in [0.25, 0.3) is 0 Å². The number of carbonyl (C=O) groups excluding carboxylic acids is 1. The molecular weight excluding hydrogens is 389 g/mol. The second-order valence-electron chi connectivity index (χ2n) is 4.19. The Kier molecular flexibility index (Phi) is 5.25. The fraction of sp³-hybridized carbons (Fsp3) is 0.133. The number of methoxy groups -OCH3 is 1. The van der Waals surface area contributed by atoms with E-state index in [1.807, 2.05) is 24.3 Å². The van der Waals surface area contributed by atoms with E-state index in [2.05, 4.69) is 27.9 Å². The van der Waals surface area contributed by atoms with E-state index < -0.39 is 0 Å². The predicted octanol–water partition coefficient (Wildman–Crippen LogP) is 4.13. The van der Waals surface area contributed by atoms with Crippen LogP contribution in [0.1, 0.15) is 5.56 Å². The molecule has 0 aliphatic rings. The number of nitrogens with one attached hydrogen (secondary N) is 1. The van der Waals surface area contributed by atoms with Gasteiger partial charge < -0.3 is 10.1 Å². The summed E-state index contributed by atoms with van der Waals surface area (Å²) in [5.41, 5.74) is 1.55. The van der Waals surface area contributed by atoms with Gasteiger partial charge in [0.15, 0.2) is 0 Å². The molecule has 0 saturated heterocycles. The third-order valence-corrected chi connectivity index (χ3v) is 3.61. The lowest BCUT2D eigenvalue weighted by Crippen LogP contribution is -2.15. The quantitative estimate of drug-likeness (QED) is 0.782. The first-order chi connectivity index (χ1) is 9.58. The summed E-state index contributed by atoms with van der Waals surface area (Å²) in [6, 6.07) is 12.9. The van der Waals surface area contributed by atoms with Crippen LogP contribution in [0, 0.1) is 3.57 Å². The van der Waals surface area contributed by atoms with Gasteiger partial charge in [-0.25, -0.2) is 0 Å². The zero-order valence-electron chi connectivity index (χ0n) is 10.8. The molecule has 0 saturated carbocycles. The van der Waals surface area contributed by atoms with Crippen molar-refractivity contribution in [1.29, 1.82) is 0 Å². The fourth-order valence-corrected chi connectivity index (χ4v) is 2.57. The van der Waals surface area contributed by atoms with Crippen molar-refractivity contribution < 1.29 is 9.53 Å². The molecule has 3 nitrogen and oxygen atoms in total. The standard InChI is InChI=1S/C15H13ClINO2/c1-20-14-6-5-11(16)7-10(14)8-15(19)18-13-4-2-3-12(17)9-13/h2-7,9H,8H2,1H3,(H,18,19). The number of carbonyl (C=O) groups is 1. The molecule has 1 amide bonds. The molecule has 2 aromatic carbocycles. The predicted molar refractivity (Wildman–Crippen MR) is 89.5 cm³/mol. The monoisotopic (exact) mass is 401 g/mol. The van der Waals surface area contributed by atoms with E-state index in [0.717, 1.165) is 14.8 Å². The van der Waals surface area contributed by atoms with Crippen LogP contribution in [0.2, 0.25) is 5.02 Å². The highest BCUT2D eigenvalue weighted by atomic mass is 127. The number of benzene rings is 2. The topological polar surface area (TPSA) is 38.3 Å². The van der Waals surface area contributed by atoms with E-state index in [9.17, 15) is 4.79 Å². The molecule has 0 fully saturated rings. The zero-order chi connectivity index (χ0) is 14.5. The average molecular weight is 402 g/mol. The number of hydrogen-bond donors (Lipinski definition) is 1. The third kappa shape index (κ3) is 4.11. The van der Waals surface area contributed by atoms with Crippen LogP contribution in [0.15, 0.2) is 42.5 Å². The third-order valence-electron chi connectivity index (χ3n) is 2.70. The minimum atomic E-state index is -0.104. The Morgan fingerprint density at radius 3 is 2.80 bits per heavy atom. The minimum absolute atomic E-state index is 0.104. The van der Waals surface area contributed by atoms with Gasteiger partial charge in [-0.2, -0.15) is 0 Å². The molecule has 0 atom stereocenters. The van der Waals surface area contributed by atoms with Crippen molar-refractivity contribution >= 4 is 45.8 Å². The van der Waals surface area contributed by atoms with Gasteiger partial charge >= 0.3 is 0 Å². The fourth-order valence-electron chi connectivity index (χ4n) is 1.83. The van der Waals surface area contributed by atoms with Crippen LogP contribution in [-0.2, 0) is 11.2 Å². The summed E-state index contributed by atoms with van der Waals surface area (Å²) in [5.74, 6) is 0.555. The van der Waals surface area contributed by atoms with Gasteiger partial charge in [0.1, 0.15) is 5.75 Å². The largest absolute Gasteiger partial charge is 0.496 e. The highest BCUT2D eigenvalue weighted by Gasteiger charge is 2.10. The molecule has 0 aromatic heterocycles. The molecule has 0 unspecified atom stereocenters. The van der Waals surface area contributed by atoms with Crippen molar-refractivity contribution in [3.05, 3.63) is 56.6 Å². The van der Waals surface area contributed by atoms with Crippen LogP contribution in [0.5, 0.6) is 5.75 Å². The Balaban J connectivity index is 2.10. The maximum atomic E-state index is 12.1. The number of anilines is 1. The minimum Gasteiger partial charge on any atom is -0.496 e. The molecule has 0 aliphatic heterocycles. The van der Waals surface area contributed by atoms with Gasteiger partial charge in [-0.05, 0) is 59.0 Å². The maximum Gasteiger partial charge on any atom is 0.228 e. The zero-order valence-corrected chi connectivity index (χ0v) is 13.7. The van der Waals surface area contributed by atoms with E-state index in [-0.39, 0.29) is 12.3 Å². The highest BCUT2D eigenvalue weighted by Crippen LogP contribution is 2.23. The Labute approximate surface area is 136 Å². The van der Waals surface area contributed by atoms with Crippen LogP contribution < -0.4 is 10.1 Å². The second-order valence-corrected chi connectivity index (χ2v) is 5.87. The van der Waals surface area contributed by atoms with Crippen LogP contribution in [0.3, 0.4) is 0 Å². The lowest BCUT2D eigenvalue weighted by molar-refractivity contribution is -0.115. The molecule has 20 heavy (non-hydrogen) atoms. The summed E-state index contributed by atoms with van der Waals surface area (Å²) in [6.45, 7) is 0. The van der Waals surface area contributed by atoms with Gasteiger partial charge in [-0.15, -0.1) is 0 Å². The molecule has 2 aromatic rings. The lowest BCUT2D eigenvalue weighted by Gasteiger charge is -2.09. The number of ether oxygens (including phenoxy) is 1. The molecule has 0 radical (unpaired) electrons. The molecule has 0 spiro atoms. The van der Waals surface area contributed by atoms with Crippen molar-refractivity contribution in [2.24, 2.45) is 0 Å². The average Bonchev–Trinajstić information content (AvgIpc) is 2.38. The van der Waals surface area contributed by atoms with Crippen LogP contribution in [0.4, 0.5) is 5.69 Å². The summed E-state index contributed by atoms with van der Waals surface area (Å²) in [4.78, 5) is 12.1. The Morgan fingerprint density at radius 2 is 2.10 bits per heavy atom. The van der Waals surface area contributed by atoms with Gasteiger partial charge in [0, 0.05) is 19.8 Å². The molecule has 5 heteroatoms. The second kappa shape index (κ2) is 6.95. The number of amides is 1. The van der Waals surface area contributed by atoms with Crippen molar-refractivity contribution in [2.45, 2.75) is 6.42 Å². The van der Waals surface area contributed by atoms with Crippen molar-refractivity contribution in [3.8, 4) is 5.75 Å². The molecule has 0 heterocycles. The number of rotatable bonds is 4. The Morgan fingerprint density at radius 1 is 1.30 bits per heavy atom. The summed E-state index contributed by atoms with van der Waals surface area (Å²) in [6.07, 6.45) is 0.217. The van der Waals surface area contributed by atoms with Crippen molar-refractivity contribution in [2.75, 3.05) is 12.4 Å². The van der Waals surface area contributed by atoms with Gasteiger partial charge in [-0.3, -0.25) is 4.79 Å². The maximum absolute atomic E-state index is 12.1. The summed E-state index contributed by atoms with van der Waals surface area (Å²) < 4.78 is 6.30. The summed E-state index contributed by atoms with van der Waals surface area (Å²) in [7, 11) is 1.57. The van der Waals surface area contributed by atoms with Gasteiger partial charge in [0.2, 0.25) is 5.91 Å². The lowest BCUT2D eigenvalue weighted by atomic mass is 10.1. The van der Waals surface area contributed by atoms with Crippen LogP contribution in [-0.4, -0.2) is 13.0 Å². The molecule has 2 rings (SSSR count). The molecule has 0 bridgehead atoms. The first-order valence-electron chi connectivity index (χ1n) is 5.96. The summed E-state index contributed by atoms with van der Waals surface area (Å²) in [5, 5.41) is 3.45. The van der Waals surface area contributed by atoms with E-state index in [0.29, 0.717) is 10.8 Å². The number of halogens is 2. The molecule has 0 aliphatic carbocycles. The van der Waals surface area contributed by atoms with Crippen molar-refractivity contribution in [1.82, 2.24) is 0 Å².